The molecule has 0 spiro atoms. The SMILES string of the molecule is CCCCCC(=O)c1ccccc1NC(=O)Nc1nc(-c2ccccc2)ns1. The van der Waals surface area contributed by atoms with Gasteiger partial charge in [-0.2, -0.15) is 9.36 Å². The molecule has 3 rings (SSSR count). The Morgan fingerprint density at radius 1 is 0.964 bits per heavy atom. The number of para-hydroxylation sites is 1. The normalized spacial score (nSPS) is 10.5. The maximum absolute atomic E-state index is 12.4. The Morgan fingerprint density at radius 3 is 2.50 bits per heavy atom. The lowest BCUT2D eigenvalue weighted by Gasteiger charge is -2.10. The van der Waals surface area contributed by atoms with Crippen molar-refractivity contribution in [2.24, 2.45) is 0 Å². The van der Waals surface area contributed by atoms with E-state index in [-0.39, 0.29) is 5.78 Å². The van der Waals surface area contributed by atoms with E-state index in [1.165, 1.54) is 0 Å². The van der Waals surface area contributed by atoms with Crippen LogP contribution in [0.25, 0.3) is 11.4 Å². The monoisotopic (exact) mass is 394 g/mol. The summed E-state index contributed by atoms with van der Waals surface area (Å²) in [6.45, 7) is 2.10. The fourth-order valence-corrected chi connectivity index (χ4v) is 3.32. The standard InChI is InChI=1S/C21H22N4O2S/c1-2-3-5-14-18(26)16-12-8-9-13-17(16)22-20(27)24-21-23-19(25-28-21)15-10-6-4-7-11-15/h4,6-13H,2-3,5,14H2,1H3,(H2,22,23,24,25,27). The molecule has 0 fully saturated rings. The average molecular weight is 395 g/mol. The van der Waals surface area contributed by atoms with Crippen LogP contribution in [0.15, 0.2) is 54.6 Å². The third-order valence-electron chi connectivity index (χ3n) is 4.16. The molecule has 0 aliphatic carbocycles. The Labute approximate surface area is 168 Å². The molecule has 7 heteroatoms. The van der Waals surface area contributed by atoms with Crippen LogP contribution in [-0.4, -0.2) is 21.2 Å². The average Bonchev–Trinajstić information content (AvgIpc) is 3.17. The zero-order valence-corrected chi connectivity index (χ0v) is 16.5. The highest BCUT2D eigenvalue weighted by atomic mass is 32.1. The first kappa shape index (κ1) is 19.7. The second-order valence-corrected chi connectivity index (χ2v) is 7.05. The van der Waals surface area contributed by atoms with Crippen molar-refractivity contribution in [1.82, 2.24) is 9.36 Å². The molecule has 0 bridgehead atoms. The van der Waals surface area contributed by atoms with Crippen molar-refractivity contribution in [2.75, 3.05) is 10.6 Å². The number of unbranched alkanes of at least 4 members (excludes halogenated alkanes) is 2. The third-order valence-corrected chi connectivity index (χ3v) is 4.79. The predicted octanol–water partition coefficient (Wildman–Crippen LogP) is 5.61. The second-order valence-electron chi connectivity index (χ2n) is 6.29. The van der Waals surface area contributed by atoms with Gasteiger partial charge < -0.3 is 5.32 Å². The Morgan fingerprint density at radius 2 is 1.71 bits per heavy atom. The van der Waals surface area contributed by atoms with E-state index in [0.29, 0.717) is 28.6 Å². The fraction of sp³-hybridized carbons (Fsp3) is 0.238. The van der Waals surface area contributed by atoms with E-state index in [9.17, 15) is 9.59 Å². The topological polar surface area (TPSA) is 84.0 Å². The van der Waals surface area contributed by atoms with E-state index in [4.69, 9.17) is 0 Å². The van der Waals surface area contributed by atoms with Crippen molar-refractivity contribution in [1.29, 1.82) is 0 Å². The Hall–Kier alpha value is -3.06. The first-order valence-corrected chi connectivity index (χ1v) is 10.0. The fourth-order valence-electron chi connectivity index (χ4n) is 2.73. The third kappa shape index (κ3) is 5.23. The Balaban J connectivity index is 1.64. The van der Waals surface area contributed by atoms with Gasteiger partial charge in [0.1, 0.15) is 0 Å². The van der Waals surface area contributed by atoms with Gasteiger partial charge in [-0.15, -0.1) is 0 Å². The number of carbonyl (C=O) groups is 2. The van der Waals surface area contributed by atoms with Crippen LogP contribution < -0.4 is 10.6 Å². The molecule has 3 aromatic rings. The lowest BCUT2D eigenvalue weighted by atomic mass is 10.0. The van der Waals surface area contributed by atoms with Gasteiger partial charge in [0, 0.05) is 29.1 Å². The van der Waals surface area contributed by atoms with Crippen LogP contribution in [0.1, 0.15) is 43.0 Å². The number of hydrogen-bond donors (Lipinski definition) is 2. The summed E-state index contributed by atoms with van der Waals surface area (Å²) in [6.07, 6.45) is 3.40. The van der Waals surface area contributed by atoms with Gasteiger partial charge in [-0.05, 0) is 18.6 Å². The van der Waals surface area contributed by atoms with E-state index in [0.717, 1.165) is 36.4 Å². The van der Waals surface area contributed by atoms with Crippen LogP contribution in [0.2, 0.25) is 0 Å². The van der Waals surface area contributed by atoms with Gasteiger partial charge in [0.25, 0.3) is 0 Å². The van der Waals surface area contributed by atoms with Crippen LogP contribution in [0.5, 0.6) is 0 Å². The second kappa shape index (κ2) is 9.75. The molecule has 2 N–H and O–H groups in total. The predicted molar refractivity (Wildman–Crippen MR) is 113 cm³/mol. The summed E-state index contributed by atoms with van der Waals surface area (Å²) in [5.41, 5.74) is 1.90. The highest BCUT2D eigenvalue weighted by Gasteiger charge is 2.14. The molecule has 0 radical (unpaired) electrons. The van der Waals surface area contributed by atoms with Crippen LogP contribution in [-0.2, 0) is 0 Å². The smallest absolute Gasteiger partial charge is 0.307 e. The zero-order chi connectivity index (χ0) is 19.8. The first-order chi connectivity index (χ1) is 13.7. The minimum atomic E-state index is -0.454. The molecule has 0 atom stereocenters. The van der Waals surface area contributed by atoms with Gasteiger partial charge in [-0.1, -0.05) is 62.2 Å². The number of anilines is 2. The number of ketones is 1. The summed E-state index contributed by atoms with van der Waals surface area (Å²) >= 11 is 1.11. The number of rotatable bonds is 8. The van der Waals surface area contributed by atoms with Crippen molar-refractivity contribution in [3.8, 4) is 11.4 Å². The number of carbonyl (C=O) groups excluding carboxylic acids is 2. The Bertz CT molecular complexity index is 940. The van der Waals surface area contributed by atoms with Crippen molar-refractivity contribution >= 4 is 34.2 Å². The molecule has 6 nitrogen and oxygen atoms in total. The molecule has 0 unspecified atom stereocenters. The molecule has 0 saturated carbocycles. The minimum absolute atomic E-state index is 0.0339. The summed E-state index contributed by atoms with van der Waals surface area (Å²) in [7, 11) is 0. The number of hydrogen-bond acceptors (Lipinski definition) is 5. The van der Waals surface area contributed by atoms with E-state index in [2.05, 4.69) is 26.9 Å². The molecule has 144 valence electrons. The summed E-state index contributed by atoms with van der Waals surface area (Å²) in [5, 5.41) is 5.82. The van der Waals surface area contributed by atoms with E-state index < -0.39 is 6.03 Å². The van der Waals surface area contributed by atoms with E-state index in [1.54, 1.807) is 24.3 Å². The number of aromatic nitrogens is 2. The quantitative estimate of drug-likeness (QED) is 0.384. The zero-order valence-electron chi connectivity index (χ0n) is 15.6. The van der Waals surface area contributed by atoms with Crippen molar-refractivity contribution < 1.29 is 9.59 Å². The van der Waals surface area contributed by atoms with Crippen molar-refractivity contribution in [3.63, 3.8) is 0 Å². The number of urea groups is 1. The highest BCUT2D eigenvalue weighted by molar-refractivity contribution is 7.10. The van der Waals surface area contributed by atoms with Crippen LogP contribution in [0, 0.1) is 0 Å². The number of amides is 2. The van der Waals surface area contributed by atoms with Gasteiger partial charge >= 0.3 is 6.03 Å². The summed E-state index contributed by atoms with van der Waals surface area (Å²) in [6, 6.07) is 16.1. The maximum atomic E-state index is 12.4. The molecular weight excluding hydrogens is 372 g/mol. The molecule has 0 saturated heterocycles. The molecule has 28 heavy (non-hydrogen) atoms. The van der Waals surface area contributed by atoms with Crippen LogP contribution >= 0.6 is 11.5 Å². The summed E-state index contributed by atoms with van der Waals surface area (Å²) < 4.78 is 4.27. The highest BCUT2D eigenvalue weighted by Crippen LogP contribution is 2.22. The number of nitrogens with one attached hydrogen (secondary N) is 2. The molecule has 0 aliphatic heterocycles. The van der Waals surface area contributed by atoms with E-state index >= 15 is 0 Å². The van der Waals surface area contributed by atoms with Crippen LogP contribution in [0.4, 0.5) is 15.6 Å². The van der Waals surface area contributed by atoms with Gasteiger partial charge in [0.05, 0.1) is 5.69 Å². The largest absolute Gasteiger partial charge is 0.325 e. The molecular formula is C21H22N4O2S. The van der Waals surface area contributed by atoms with Gasteiger partial charge in [-0.3, -0.25) is 10.1 Å². The molecule has 1 aromatic heterocycles. The van der Waals surface area contributed by atoms with Gasteiger partial charge in [0.15, 0.2) is 11.6 Å². The number of nitrogens with zero attached hydrogens (tertiary/aromatic N) is 2. The first-order valence-electron chi connectivity index (χ1n) is 9.26. The minimum Gasteiger partial charge on any atom is -0.307 e. The molecule has 0 aliphatic rings. The van der Waals surface area contributed by atoms with Crippen LogP contribution in [0.3, 0.4) is 0 Å². The number of benzene rings is 2. The van der Waals surface area contributed by atoms with E-state index in [1.807, 2.05) is 30.3 Å². The van der Waals surface area contributed by atoms with Crippen molar-refractivity contribution in [3.05, 3.63) is 60.2 Å². The Kier molecular flexibility index (Phi) is 6.86. The lowest BCUT2D eigenvalue weighted by Crippen LogP contribution is -2.21. The summed E-state index contributed by atoms with van der Waals surface area (Å²) in [4.78, 5) is 29.2. The molecule has 2 amide bonds. The lowest BCUT2D eigenvalue weighted by molar-refractivity contribution is 0.0980. The molecule has 2 aromatic carbocycles. The van der Waals surface area contributed by atoms with Crippen molar-refractivity contribution in [2.45, 2.75) is 32.6 Å². The summed E-state index contributed by atoms with van der Waals surface area (Å²) in [5.74, 6) is 0.596. The number of Topliss-reactive ketones (excluding diaryl/α,β-unsaturated/α-hetero) is 1. The maximum Gasteiger partial charge on any atom is 0.325 e. The van der Waals surface area contributed by atoms with Gasteiger partial charge in [-0.25, -0.2) is 4.79 Å². The van der Waals surface area contributed by atoms with Gasteiger partial charge in [0.2, 0.25) is 5.13 Å². The molecule has 1 heterocycles.